The molecule has 1 aliphatic heterocycles. The topological polar surface area (TPSA) is 41.9 Å². The minimum absolute atomic E-state index is 0.714. The van der Waals surface area contributed by atoms with Crippen molar-refractivity contribution in [2.45, 2.75) is 26.3 Å². The molecule has 23 heavy (non-hydrogen) atoms. The van der Waals surface area contributed by atoms with E-state index < -0.39 is 0 Å². The summed E-state index contributed by atoms with van der Waals surface area (Å²) in [7, 11) is 0. The molecule has 0 aliphatic carbocycles. The second-order valence-electron chi connectivity index (χ2n) is 5.77. The van der Waals surface area contributed by atoms with E-state index >= 15 is 0 Å². The number of aromatic nitrogens is 3. The van der Waals surface area contributed by atoms with E-state index in [1.165, 1.54) is 11.3 Å². The van der Waals surface area contributed by atoms with Gasteiger partial charge < -0.3 is 4.90 Å². The number of aryl methyl sites for hydroxylation is 1. The normalized spacial score (nSPS) is 14.1. The van der Waals surface area contributed by atoms with Crippen molar-refractivity contribution in [3.05, 3.63) is 58.8 Å². The smallest absolute Gasteiger partial charge is 0.128 e. The molecule has 5 heteroatoms. The summed E-state index contributed by atoms with van der Waals surface area (Å²) >= 11 is 6.09. The number of hydrogen-bond acceptors (Lipinski definition) is 4. The number of benzene rings is 1. The van der Waals surface area contributed by atoms with E-state index in [-0.39, 0.29) is 0 Å². The first-order valence-corrected chi connectivity index (χ1v) is 8.25. The van der Waals surface area contributed by atoms with Crippen LogP contribution in [0.2, 0.25) is 5.02 Å². The van der Waals surface area contributed by atoms with Crippen molar-refractivity contribution in [3.63, 3.8) is 0 Å². The number of rotatable bonds is 2. The van der Waals surface area contributed by atoms with Gasteiger partial charge in [-0.1, -0.05) is 18.5 Å². The van der Waals surface area contributed by atoms with Crippen LogP contribution in [0.15, 0.2) is 36.7 Å². The molecule has 2 aromatic heterocycles. The molecular formula is C18H17ClN4. The molecule has 0 unspecified atom stereocenters. The third kappa shape index (κ3) is 2.63. The summed E-state index contributed by atoms with van der Waals surface area (Å²) in [6.45, 7) is 3.86. The van der Waals surface area contributed by atoms with E-state index in [9.17, 15) is 0 Å². The van der Waals surface area contributed by atoms with Crippen LogP contribution in [0, 0.1) is 0 Å². The minimum Gasteiger partial charge on any atom is -0.365 e. The SMILES string of the molecule is CCc1ncc2c(n1)CN(c1ccnc3cc(Cl)ccc13)CC2. The Morgan fingerprint density at radius 3 is 3.00 bits per heavy atom. The summed E-state index contributed by atoms with van der Waals surface area (Å²) in [6, 6.07) is 7.95. The van der Waals surface area contributed by atoms with Crippen molar-refractivity contribution in [1.29, 1.82) is 0 Å². The molecule has 0 saturated carbocycles. The molecule has 0 saturated heterocycles. The van der Waals surface area contributed by atoms with Crippen LogP contribution < -0.4 is 4.90 Å². The predicted octanol–water partition coefficient (Wildman–Crippen LogP) is 3.80. The first kappa shape index (κ1) is 14.4. The lowest BCUT2D eigenvalue weighted by molar-refractivity contribution is 0.694. The summed E-state index contributed by atoms with van der Waals surface area (Å²) < 4.78 is 0. The third-order valence-corrected chi connectivity index (χ3v) is 4.57. The van der Waals surface area contributed by atoms with Crippen molar-refractivity contribution in [3.8, 4) is 0 Å². The van der Waals surface area contributed by atoms with Gasteiger partial charge in [-0.25, -0.2) is 9.97 Å². The molecule has 0 amide bonds. The zero-order valence-electron chi connectivity index (χ0n) is 13.0. The molecule has 0 bridgehead atoms. The first-order chi connectivity index (χ1) is 11.2. The van der Waals surface area contributed by atoms with Crippen molar-refractivity contribution in [1.82, 2.24) is 15.0 Å². The van der Waals surface area contributed by atoms with Crippen molar-refractivity contribution in [2.24, 2.45) is 0 Å². The highest BCUT2D eigenvalue weighted by Gasteiger charge is 2.20. The molecule has 4 nitrogen and oxygen atoms in total. The fourth-order valence-corrected chi connectivity index (χ4v) is 3.27. The van der Waals surface area contributed by atoms with Gasteiger partial charge in [-0.2, -0.15) is 0 Å². The number of halogens is 1. The van der Waals surface area contributed by atoms with Crippen LogP contribution in [0.4, 0.5) is 5.69 Å². The molecule has 1 aliphatic rings. The highest BCUT2D eigenvalue weighted by Crippen LogP contribution is 2.30. The lowest BCUT2D eigenvalue weighted by atomic mass is 10.0. The van der Waals surface area contributed by atoms with Gasteiger partial charge in [-0.05, 0) is 36.2 Å². The van der Waals surface area contributed by atoms with Crippen LogP contribution in [0.3, 0.4) is 0 Å². The Hall–Kier alpha value is -2.20. The Kier molecular flexibility index (Phi) is 3.62. The van der Waals surface area contributed by atoms with Gasteiger partial charge in [0.05, 0.1) is 17.8 Å². The van der Waals surface area contributed by atoms with Gasteiger partial charge in [0.1, 0.15) is 5.82 Å². The van der Waals surface area contributed by atoms with Gasteiger partial charge in [-0.15, -0.1) is 0 Å². The Morgan fingerprint density at radius 1 is 1.22 bits per heavy atom. The van der Waals surface area contributed by atoms with Gasteiger partial charge in [0.15, 0.2) is 0 Å². The van der Waals surface area contributed by atoms with Crippen LogP contribution in [0.5, 0.6) is 0 Å². The molecular weight excluding hydrogens is 308 g/mol. The molecule has 4 rings (SSSR count). The Morgan fingerprint density at radius 2 is 2.13 bits per heavy atom. The summed E-state index contributed by atoms with van der Waals surface area (Å²) in [4.78, 5) is 15.9. The van der Waals surface area contributed by atoms with Gasteiger partial charge in [0, 0.05) is 41.5 Å². The van der Waals surface area contributed by atoms with Crippen LogP contribution >= 0.6 is 11.6 Å². The van der Waals surface area contributed by atoms with E-state index in [0.29, 0.717) is 5.02 Å². The summed E-state index contributed by atoms with van der Waals surface area (Å²) in [6.07, 6.45) is 5.67. The molecule has 0 N–H and O–H groups in total. The van der Waals surface area contributed by atoms with E-state index in [1.807, 2.05) is 30.6 Å². The second kappa shape index (κ2) is 5.78. The average molecular weight is 325 g/mol. The number of nitrogens with zero attached hydrogens (tertiary/aromatic N) is 4. The average Bonchev–Trinajstić information content (AvgIpc) is 2.60. The molecule has 116 valence electrons. The van der Waals surface area contributed by atoms with Crippen LogP contribution in [-0.4, -0.2) is 21.5 Å². The maximum absolute atomic E-state index is 6.09. The van der Waals surface area contributed by atoms with Crippen molar-refractivity contribution < 1.29 is 0 Å². The fourth-order valence-electron chi connectivity index (χ4n) is 3.10. The third-order valence-electron chi connectivity index (χ3n) is 4.33. The molecule has 0 atom stereocenters. The van der Waals surface area contributed by atoms with Crippen LogP contribution in [0.1, 0.15) is 24.0 Å². The van der Waals surface area contributed by atoms with E-state index in [4.69, 9.17) is 16.6 Å². The maximum atomic E-state index is 6.09. The number of hydrogen-bond donors (Lipinski definition) is 0. The summed E-state index contributed by atoms with van der Waals surface area (Å²) in [5.74, 6) is 0.914. The Balaban J connectivity index is 1.74. The van der Waals surface area contributed by atoms with E-state index in [2.05, 4.69) is 27.9 Å². The fraction of sp³-hybridized carbons (Fsp3) is 0.278. The summed E-state index contributed by atoms with van der Waals surface area (Å²) in [5.41, 5.74) is 4.52. The molecule has 3 aromatic rings. The minimum atomic E-state index is 0.714. The quantitative estimate of drug-likeness (QED) is 0.719. The Bertz CT molecular complexity index is 878. The largest absolute Gasteiger partial charge is 0.365 e. The van der Waals surface area contributed by atoms with Crippen molar-refractivity contribution >= 4 is 28.2 Å². The number of anilines is 1. The highest BCUT2D eigenvalue weighted by molar-refractivity contribution is 6.31. The lowest BCUT2D eigenvalue weighted by Crippen LogP contribution is -2.31. The monoisotopic (exact) mass is 324 g/mol. The van der Waals surface area contributed by atoms with Crippen molar-refractivity contribution in [2.75, 3.05) is 11.4 Å². The zero-order chi connectivity index (χ0) is 15.8. The predicted molar refractivity (Wildman–Crippen MR) is 92.9 cm³/mol. The van der Waals surface area contributed by atoms with Crippen LogP contribution in [0.25, 0.3) is 10.9 Å². The zero-order valence-corrected chi connectivity index (χ0v) is 13.7. The maximum Gasteiger partial charge on any atom is 0.128 e. The number of fused-ring (bicyclic) bond motifs is 2. The summed E-state index contributed by atoms with van der Waals surface area (Å²) in [5, 5.41) is 1.84. The van der Waals surface area contributed by atoms with E-state index in [0.717, 1.165) is 48.4 Å². The first-order valence-electron chi connectivity index (χ1n) is 7.87. The molecule has 0 radical (unpaired) electrons. The highest BCUT2D eigenvalue weighted by atomic mass is 35.5. The number of pyridine rings is 1. The van der Waals surface area contributed by atoms with Gasteiger partial charge >= 0.3 is 0 Å². The second-order valence-corrected chi connectivity index (χ2v) is 6.21. The molecule has 0 fully saturated rings. The van der Waals surface area contributed by atoms with Gasteiger partial charge in [-0.3, -0.25) is 4.98 Å². The lowest BCUT2D eigenvalue weighted by Gasteiger charge is -2.30. The molecule has 3 heterocycles. The van der Waals surface area contributed by atoms with Gasteiger partial charge in [0.25, 0.3) is 0 Å². The molecule has 0 spiro atoms. The Labute approximate surface area is 140 Å². The van der Waals surface area contributed by atoms with Gasteiger partial charge in [0.2, 0.25) is 0 Å². The van der Waals surface area contributed by atoms with E-state index in [1.54, 1.807) is 0 Å². The van der Waals surface area contributed by atoms with Crippen LogP contribution in [-0.2, 0) is 19.4 Å². The molecule has 1 aromatic carbocycles. The standard InChI is InChI=1S/C18H17ClN4/c1-2-18-21-10-12-6-8-23(11-16(12)22-18)17-5-7-20-15-9-13(19)3-4-14(15)17/h3-5,7,9-10H,2,6,8,11H2,1H3.